The van der Waals surface area contributed by atoms with E-state index >= 15 is 0 Å². The first-order valence-corrected chi connectivity index (χ1v) is 6.48. The summed E-state index contributed by atoms with van der Waals surface area (Å²) in [7, 11) is 0. The van der Waals surface area contributed by atoms with Crippen molar-refractivity contribution >= 4 is 29.3 Å². The van der Waals surface area contributed by atoms with Crippen molar-refractivity contribution in [1.82, 2.24) is 5.32 Å². The lowest BCUT2D eigenvalue weighted by atomic mass is 9.98. The van der Waals surface area contributed by atoms with Gasteiger partial charge in [-0.25, -0.2) is 9.59 Å². The maximum Gasteiger partial charge on any atom is 0.329 e. The van der Waals surface area contributed by atoms with Crippen molar-refractivity contribution in [1.29, 1.82) is 0 Å². The number of anilines is 1. The average molecular weight is 283 g/mol. The maximum absolute atomic E-state index is 11.8. The largest absolute Gasteiger partial charge is 0.480 e. The van der Waals surface area contributed by atoms with Crippen molar-refractivity contribution in [2.45, 2.75) is 31.2 Å². The highest BCUT2D eigenvalue weighted by molar-refractivity contribution is 6.30. The normalized spacial score (nSPS) is 16.9. The molecule has 2 rings (SSSR count). The third-order valence-electron chi connectivity index (χ3n) is 3.32. The van der Waals surface area contributed by atoms with Crippen LogP contribution in [0.1, 0.15) is 25.7 Å². The van der Waals surface area contributed by atoms with E-state index in [1.54, 1.807) is 24.3 Å². The highest BCUT2D eigenvalue weighted by atomic mass is 35.5. The Morgan fingerprint density at radius 1 is 1.16 bits per heavy atom. The third-order valence-corrected chi connectivity index (χ3v) is 3.57. The number of benzene rings is 1. The van der Waals surface area contributed by atoms with Crippen LogP contribution in [0, 0.1) is 0 Å². The molecule has 0 aliphatic heterocycles. The van der Waals surface area contributed by atoms with E-state index in [0.29, 0.717) is 23.6 Å². The zero-order chi connectivity index (χ0) is 13.9. The maximum atomic E-state index is 11.8. The average Bonchev–Trinajstić information content (AvgIpc) is 2.82. The van der Waals surface area contributed by atoms with Crippen molar-refractivity contribution in [3.8, 4) is 0 Å². The molecule has 1 aromatic rings. The van der Waals surface area contributed by atoms with Crippen LogP contribution < -0.4 is 10.6 Å². The molecule has 1 aromatic carbocycles. The molecule has 0 spiro atoms. The van der Waals surface area contributed by atoms with Gasteiger partial charge in [-0.15, -0.1) is 0 Å². The molecule has 0 heterocycles. The molecule has 1 fully saturated rings. The Morgan fingerprint density at radius 2 is 1.74 bits per heavy atom. The van der Waals surface area contributed by atoms with Crippen LogP contribution in [-0.2, 0) is 4.79 Å². The predicted molar refractivity (Wildman–Crippen MR) is 72.4 cm³/mol. The molecule has 0 unspecified atom stereocenters. The van der Waals surface area contributed by atoms with Gasteiger partial charge in [0.05, 0.1) is 0 Å². The molecule has 19 heavy (non-hydrogen) atoms. The summed E-state index contributed by atoms with van der Waals surface area (Å²) >= 11 is 5.74. The Morgan fingerprint density at radius 3 is 2.26 bits per heavy atom. The minimum atomic E-state index is -1.13. The Balaban J connectivity index is 2.00. The SMILES string of the molecule is O=C(Nc1ccc(Cl)cc1)NC1(C(=O)O)CCCC1. The Labute approximate surface area is 116 Å². The zero-order valence-electron chi connectivity index (χ0n) is 10.3. The minimum Gasteiger partial charge on any atom is -0.480 e. The second-order valence-electron chi connectivity index (χ2n) is 4.68. The molecule has 0 bridgehead atoms. The summed E-state index contributed by atoms with van der Waals surface area (Å²) in [5, 5.41) is 15.0. The van der Waals surface area contributed by atoms with Gasteiger partial charge in [-0.05, 0) is 37.1 Å². The molecule has 0 atom stereocenters. The molecule has 0 radical (unpaired) electrons. The number of urea groups is 1. The van der Waals surface area contributed by atoms with E-state index in [2.05, 4.69) is 10.6 Å². The number of hydrogen-bond acceptors (Lipinski definition) is 2. The van der Waals surface area contributed by atoms with Gasteiger partial charge in [-0.1, -0.05) is 24.4 Å². The van der Waals surface area contributed by atoms with E-state index in [1.807, 2.05) is 0 Å². The number of carboxylic acid groups (broad SMARTS) is 1. The third kappa shape index (κ3) is 3.17. The minimum absolute atomic E-state index is 0.469. The smallest absolute Gasteiger partial charge is 0.329 e. The molecular weight excluding hydrogens is 268 g/mol. The lowest BCUT2D eigenvalue weighted by molar-refractivity contribution is -0.144. The van der Waals surface area contributed by atoms with Crippen LogP contribution in [-0.4, -0.2) is 22.6 Å². The molecule has 1 aliphatic carbocycles. The van der Waals surface area contributed by atoms with Gasteiger partial charge in [-0.2, -0.15) is 0 Å². The van der Waals surface area contributed by atoms with Crippen molar-refractivity contribution < 1.29 is 14.7 Å². The Hall–Kier alpha value is -1.75. The quantitative estimate of drug-likeness (QED) is 0.797. The Bertz CT molecular complexity index is 481. The molecule has 1 aliphatic rings. The monoisotopic (exact) mass is 282 g/mol. The van der Waals surface area contributed by atoms with E-state index < -0.39 is 17.5 Å². The van der Waals surface area contributed by atoms with Crippen molar-refractivity contribution in [2.75, 3.05) is 5.32 Å². The van der Waals surface area contributed by atoms with Crippen LogP contribution in [0.5, 0.6) is 0 Å². The van der Waals surface area contributed by atoms with Gasteiger partial charge >= 0.3 is 12.0 Å². The number of carboxylic acids is 1. The number of carbonyl (C=O) groups excluding carboxylic acids is 1. The number of amides is 2. The van der Waals surface area contributed by atoms with E-state index in [0.717, 1.165) is 12.8 Å². The number of aliphatic carboxylic acids is 1. The summed E-state index contributed by atoms with van der Waals surface area (Å²) in [6.07, 6.45) is 2.56. The molecule has 5 nitrogen and oxygen atoms in total. The van der Waals surface area contributed by atoms with Gasteiger partial charge in [0.1, 0.15) is 5.54 Å². The molecule has 6 heteroatoms. The first-order chi connectivity index (χ1) is 9.02. The second kappa shape index (κ2) is 5.48. The van der Waals surface area contributed by atoms with E-state index in [1.165, 1.54) is 0 Å². The van der Waals surface area contributed by atoms with Crippen molar-refractivity contribution in [3.63, 3.8) is 0 Å². The van der Waals surface area contributed by atoms with Crippen molar-refractivity contribution in [2.24, 2.45) is 0 Å². The Kier molecular flexibility index (Phi) is 3.95. The van der Waals surface area contributed by atoms with E-state index in [9.17, 15) is 14.7 Å². The van der Waals surface area contributed by atoms with Crippen LogP contribution in [0.4, 0.5) is 10.5 Å². The second-order valence-corrected chi connectivity index (χ2v) is 5.12. The summed E-state index contributed by atoms with van der Waals surface area (Å²) in [4.78, 5) is 23.1. The van der Waals surface area contributed by atoms with E-state index in [4.69, 9.17) is 11.6 Å². The number of carbonyl (C=O) groups is 2. The van der Waals surface area contributed by atoms with Gasteiger partial charge in [0.25, 0.3) is 0 Å². The van der Waals surface area contributed by atoms with Gasteiger partial charge in [0.15, 0.2) is 0 Å². The molecule has 0 saturated heterocycles. The fourth-order valence-electron chi connectivity index (χ4n) is 2.28. The van der Waals surface area contributed by atoms with Crippen LogP contribution in [0.3, 0.4) is 0 Å². The standard InChI is InChI=1S/C13H15ClN2O3/c14-9-3-5-10(6-4-9)15-12(19)16-13(11(17)18)7-1-2-8-13/h3-6H,1-2,7-8H2,(H,17,18)(H2,15,16,19). The summed E-state index contributed by atoms with van der Waals surface area (Å²) in [5.74, 6) is -0.976. The van der Waals surface area contributed by atoms with Gasteiger partial charge < -0.3 is 15.7 Å². The van der Waals surface area contributed by atoms with Crippen LogP contribution in [0.15, 0.2) is 24.3 Å². The highest BCUT2D eigenvalue weighted by Gasteiger charge is 2.42. The molecule has 0 aromatic heterocycles. The van der Waals surface area contributed by atoms with Gasteiger partial charge in [0.2, 0.25) is 0 Å². The van der Waals surface area contributed by atoms with Crippen LogP contribution in [0.25, 0.3) is 0 Å². The molecule has 2 amide bonds. The fraction of sp³-hybridized carbons (Fsp3) is 0.385. The molecule has 3 N–H and O–H groups in total. The van der Waals surface area contributed by atoms with Gasteiger partial charge in [-0.3, -0.25) is 0 Å². The lowest BCUT2D eigenvalue weighted by Crippen LogP contribution is -2.53. The summed E-state index contributed by atoms with van der Waals surface area (Å²) in [6.45, 7) is 0. The highest BCUT2D eigenvalue weighted by Crippen LogP contribution is 2.30. The van der Waals surface area contributed by atoms with Crippen LogP contribution >= 0.6 is 11.6 Å². The zero-order valence-corrected chi connectivity index (χ0v) is 11.0. The molecular formula is C13H15ClN2O3. The number of halogens is 1. The van der Waals surface area contributed by atoms with Crippen LogP contribution in [0.2, 0.25) is 5.02 Å². The lowest BCUT2D eigenvalue weighted by Gasteiger charge is -2.25. The van der Waals surface area contributed by atoms with E-state index in [-0.39, 0.29) is 0 Å². The molecule has 1 saturated carbocycles. The first-order valence-electron chi connectivity index (χ1n) is 6.10. The number of hydrogen-bond donors (Lipinski definition) is 3. The number of rotatable bonds is 3. The van der Waals surface area contributed by atoms with Crippen molar-refractivity contribution in [3.05, 3.63) is 29.3 Å². The topological polar surface area (TPSA) is 78.4 Å². The summed E-state index contributed by atoms with van der Waals surface area (Å²) in [5.41, 5.74) is -0.559. The molecule has 102 valence electrons. The van der Waals surface area contributed by atoms with Gasteiger partial charge in [0, 0.05) is 10.7 Å². The fourth-order valence-corrected chi connectivity index (χ4v) is 2.41. The predicted octanol–water partition coefficient (Wildman–Crippen LogP) is 2.86. The first kappa shape index (κ1) is 13.7. The summed E-state index contributed by atoms with van der Waals surface area (Å²) in [6, 6.07) is 6.11. The number of nitrogens with one attached hydrogen (secondary N) is 2. The summed E-state index contributed by atoms with van der Waals surface area (Å²) < 4.78 is 0.